The van der Waals surface area contributed by atoms with Crippen molar-refractivity contribution in [3.8, 4) is 11.5 Å². The van der Waals surface area contributed by atoms with Crippen molar-refractivity contribution >= 4 is 45.7 Å². The summed E-state index contributed by atoms with van der Waals surface area (Å²) < 4.78 is 13.3. The normalized spacial score (nSPS) is 10.7. The van der Waals surface area contributed by atoms with Gasteiger partial charge in [-0.1, -0.05) is 48.0 Å². The minimum absolute atomic E-state index is 0.284. The fourth-order valence-corrected chi connectivity index (χ4v) is 4.24. The van der Waals surface area contributed by atoms with E-state index in [1.165, 1.54) is 0 Å². The third-order valence-electron chi connectivity index (χ3n) is 5.47. The maximum absolute atomic E-state index is 13.3. The van der Waals surface area contributed by atoms with E-state index in [0.717, 1.165) is 10.9 Å². The molecule has 2 amide bonds. The molecule has 0 saturated heterocycles. The minimum atomic E-state index is -0.391. The van der Waals surface area contributed by atoms with Crippen molar-refractivity contribution in [2.24, 2.45) is 7.05 Å². The van der Waals surface area contributed by atoms with Crippen molar-refractivity contribution < 1.29 is 19.1 Å². The van der Waals surface area contributed by atoms with Crippen molar-refractivity contribution in [3.05, 3.63) is 83.0 Å². The molecule has 0 bridgehead atoms. The highest BCUT2D eigenvalue weighted by Crippen LogP contribution is 2.38. The number of benzene rings is 3. The number of anilines is 2. The van der Waals surface area contributed by atoms with Crippen molar-refractivity contribution in [2.45, 2.75) is 13.8 Å². The van der Waals surface area contributed by atoms with E-state index in [0.29, 0.717) is 52.4 Å². The van der Waals surface area contributed by atoms with Crippen LogP contribution in [-0.2, 0) is 7.05 Å². The smallest absolute Gasteiger partial charge is 0.273 e. The average molecular weight is 492 g/mol. The molecule has 180 valence electrons. The van der Waals surface area contributed by atoms with Gasteiger partial charge < -0.3 is 24.7 Å². The Labute approximate surface area is 208 Å². The van der Waals surface area contributed by atoms with Crippen LogP contribution < -0.4 is 20.1 Å². The number of ether oxygens (including phenoxy) is 2. The Morgan fingerprint density at radius 3 is 1.94 bits per heavy atom. The topological polar surface area (TPSA) is 81.6 Å². The lowest BCUT2D eigenvalue weighted by Gasteiger charge is -2.18. The van der Waals surface area contributed by atoms with E-state index in [9.17, 15) is 9.59 Å². The molecule has 0 unspecified atom stereocenters. The van der Waals surface area contributed by atoms with E-state index in [1.807, 2.05) is 44.2 Å². The van der Waals surface area contributed by atoms with Crippen LogP contribution in [0.3, 0.4) is 0 Å². The predicted octanol–water partition coefficient (Wildman–Crippen LogP) is 6.13. The molecule has 8 heteroatoms. The van der Waals surface area contributed by atoms with Crippen LogP contribution in [0.5, 0.6) is 11.5 Å². The van der Waals surface area contributed by atoms with E-state index < -0.39 is 5.91 Å². The molecule has 0 aliphatic rings. The number of rotatable bonds is 8. The zero-order valence-corrected chi connectivity index (χ0v) is 20.5. The number of hydrogen-bond acceptors (Lipinski definition) is 4. The Morgan fingerprint density at radius 2 is 1.37 bits per heavy atom. The van der Waals surface area contributed by atoms with E-state index in [4.69, 9.17) is 21.1 Å². The number of aromatic nitrogens is 1. The number of carbonyl (C=O) groups is 2. The molecule has 2 N–H and O–H groups in total. The highest BCUT2D eigenvalue weighted by atomic mass is 35.5. The zero-order chi connectivity index (χ0) is 24.9. The first-order chi connectivity index (χ1) is 16.9. The molecule has 0 radical (unpaired) electrons. The predicted molar refractivity (Wildman–Crippen MR) is 139 cm³/mol. The summed E-state index contributed by atoms with van der Waals surface area (Å²) in [5.74, 6) is 0.118. The van der Waals surface area contributed by atoms with Crippen LogP contribution >= 0.6 is 11.6 Å². The summed E-state index contributed by atoms with van der Waals surface area (Å²) in [5.41, 5.74) is 2.52. The summed E-state index contributed by atoms with van der Waals surface area (Å²) >= 11 is 6.56. The standard InChI is InChI=1S/C27H26ClN3O4/c1-4-34-22-16-20(30-27(33)25-24(28)18-13-9-10-14-21(18)31(25)3)23(35-5-2)15-19(22)29-26(32)17-11-7-6-8-12-17/h6-16H,4-5H2,1-3H3,(H,29,32)(H,30,33). The first kappa shape index (κ1) is 24.2. The molecule has 0 aliphatic carbocycles. The molecule has 1 heterocycles. The van der Waals surface area contributed by atoms with Gasteiger partial charge in [0.05, 0.1) is 29.6 Å². The van der Waals surface area contributed by atoms with Crippen LogP contribution in [0, 0.1) is 0 Å². The van der Waals surface area contributed by atoms with Crippen LogP contribution in [0.2, 0.25) is 5.02 Å². The number of amides is 2. The second-order valence-electron chi connectivity index (χ2n) is 7.72. The van der Waals surface area contributed by atoms with Crippen LogP contribution in [-0.4, -0.2) is 29.6 Å². The van der Waals surface area contributed by atoms with Gasteiger partial charge in [-0.25, -0.2) is 0 Å². The molecule has 3 aromatic carbocycles. The fourth-order valence-electron chi connectivity index (χ4n) is 3.87. The van der Waals surface area contributed by atoms with Crippen LogP contribution in [0.15, 0.2) is 66.7 Å². The quantitative estimate of drug-likeness (QED) is 0.310. The van der Waals surface area contributed by atoms with E-state index in [2.05, 4.69) is 10.6 Å². The molecule has 35 heavy (non-hydrogen) atoms. The molecule has 1 aromatic heterocycles. The molecular formula is C27H26ClN3O4. The van der Waals surface area contributed by atoms with Gasteiger partial charge in [0.15, 0.2) is 0 Å². The number of halogens is 1. The van der Waals surface area contributed by atoms with Crippen LogP contribution in [0.1, 0.15) is 34.7 Å². The Kier molecular flexibility index (Phi) is 7.27. The number of nitrogens with zero attached hydrogens (tertiary/aromatic N) is 1. The Balaban J connectivity index is 1.70. The Morgan fingerprint density at radius 1 is 0.829 bits per heavy atom. The maximum Gasteiger partial charge on any atom is 0.273 e. The fraction of sp³-hybridized carbons (Fsp3) is 0.185. The molecule has 0 saturated carbocycles. The van der Waals surface area contributed by atoms with Crippen molar-refractivity contribution in [1.29, 1.82) is 0 Å². The zero-order valence-electron chi connectivity index (χ0n) is 19.7. The molecule has 4 rings (SSSR count). The van der Waals surface area contributed by atoms with Gasteiger partial charge in [0.2, 0.25) is 0 Å². The van der Waals surface area contributed by atoms with E-state index >= 15 is 0 Å². The van der Waals surface area contributed by atoms with Gasteiger partial charge in [0.25, 0.3) is 11.8 Å². The summed E-state index contributed by atoms with van der Waals surface area (Å²) in [6.07, 6.45) is 0. The second kappa shape index (κ2) is 10.5. The third kappa shape index (κ3) is 4.95. The first-order valence-corrected chi connectivity index (χ1v) is 11.7. The number of para-hydroxylation sites is 1. The SMILES string of the molecule is CCOc1cc(NC(=O)c2c(Cl)c3ccccc3n2C)c(OCC)cc1NC(=O)c1ccccc1. The summed E-state index contributed by atoms with van der Waals surface area (Å²) in [7, 11) is 1.79. The minimum Gasteiger partial charge on any atom is -0.492 e. The Bertz CT molecular complexity index is 1340. The number of nitrogens with one attached hydrogen (secondary N) is 2. The van der Waals surface area contributed by atoms with Gasteiger partial charge in [-0.3, -0.25) is 9.59 Å². The number of aryl methyl sites for hydroxylation is 1. The lowest BCUT2D eigenvalue weighted by molar-refractivity contribution is 0.101. The Hall–Kier alpha value is -3.97. The van der Waals surface area contributed by atoms with Gasteiger partial charge in [-0.05, 0) is 32.0 Å². The van der Waals surface area contributed by atoms with Gasteiger partial charge in [-0.15, -0.1) is 0 Å². The second-order valence-corrected chi connectivity index (χ2v) is 8.10. The van der Waals surface area contributed by atoms with Crippen LogP contribution in [0.4, 0.5) is 11.4 Å². The van der Waals surface area contributed by atoms with Gasteiger partial charge in [0, 0.05) is 35.6 Å². The maximum atomic E-state index is 13.3. The lowest BCUT2D eigenvalue weighted by Crippen LogP contribution is -2.18. The molecule has 0 fully saturated rings. The van der Waals surface area contributed by atoms with Crippen molar-refractivity contribution in [2.75, 3.05) is 23.8 Å². The summed E-state index contributed by atoms with van der Waals surface area (Å²) in [6, 6.07) is 19.7. The largest absolute Gasteiger partial charge is 0.492 e. The average Bonchev–Trinajstić information content (AvgIpc) is 3.12. The van der Waals surface area contributed by atoms with Gasteiger partial charge >= 0.3 is 0 Å². The van der Waals surface area contributed by atoms with E-state index in [1.54, 1.807) is 48.0 Å². The summed E-state index contributed by atoms with van der Waals surface area (Å²) in [6.45, 7) is 4.40. The summed E-state index contributed by atoms with van der Waals surface area (Å²) in [5, 5.41) is 6.94. The molecule has 0 spiro atoms. The molecule has 0 aliphatic heterocycles. The molecule has 0 atom stereocenters. The monoisotopic (exact) mass is 491 g/mol. The van der Waals surface area contributed by atoms with Crippen molar-refractivity contribution in [1.82, 2.24) is 4.57 Å². The number of carbonyl (C=O) groups excluding carboxylic acids is 2. The molecule has 7 nitrogen and oxygen atoms in total. The highest BCUT2D eigenvalue weighted by Gasteiger charge is 2.22. The molecular weight excluding hydrogens is 466 g/mol. The van der Waals surface area contributed by atoms with Gasteiger partial charge in [0.1, 0.15) is 17.2 Å². The van der Waals surface area contributed by atoms with Gasteiger partial charge in [-0.2, -0.15) is 0 Å². The first-order valence-electron chi connectivity index (χ1n) is 11.3. The van der Waals surface area contributed by atoms with Crippen molar-refractivity contribution in [3.63, 3.8) is 0 Å². The summed E-state index contributed by atoms with van der Waals surface area (Å²) in [4.78, 5) is 26.1. The number of fused-ring (bicyclic) bond motifs is 1. The van der Waals surface area contributed by atoms with E-state index in [-0.39, 0.29) is 5.91 Å². The lowest BCUT2D eigenvalue weighted by atomic mass is 10.2. The van der Waals surface area contributed by atoms with Crippen LogP contribution in [0.25, 0.3) is 10.9 Å². The number of hydrogen-bond donors (Lipinski definition) is 2. The highest BCUT2D eigenvalue weighted by molar-refractivity contribution is 6.39. The molecule has 4 aromatic rings. The third-order valence-corrected chi connectivity index (χ3v) is 5.86.